The van der Waals surface area contributed by atoms with Gasteiger partial charge in [0.2, 0.25) is 23.6 Å². The summed E-state index contributed by atoms with van der Waals surface area (Å²) in [5.41, 5.74) is 1.75. The lowest BCUT2D eigenvalue weighted by molar-refractivity contribution is -0.179. The van der Waals surface area contributed by atoms with Crippen LogP contribution in [0.3, 0.4) is 0 Å². The Labute approximate surface area is 489 Å². The third-order valence-electron chi connectivity index (χ3n) is 14.8. The monoisotopic (exact) mass is 1180 g/mol. The molecule has 460 valence electrons. The first-order valence-corrected chi connectivity index (χ1v) is 28.7. The summed E-state index contributed by atoms with van der Waals surface area (Å²) in [5.74, 6) is -7.74. The third-order valence-corrected chi connectivity index (χ3v) is 15.3. The number of esters is 2. The number of aryl methyl sites for hydroxylation is 2. The lowest BCUT2D eigenvalue weighted by atomic mass is 9.85. The van der Waals surface area contributed by atoms with Crippen molar-refractivity contribution >= 4 is 64.7 Å². The number of carbonyl (C=O) groups excluding carboxylic acids is 8. The van der Waals surface area contributed by atoms with Crippen LogP contribution < -0.4 is 21.3 Å². The predicted molar refractivity (Wildman–Crippen MR) is 303 cm³/mol. The Kier molecular flexibility index (Phi) is 27.4. The molecule has 4 rings (SSSR count). The van der Waals surface area contributed by atoms with Crippen molar-refractivity contribution < 1.29 is 88.0 Å². The van der Waals surface area contributed by atoms with Crippen LogP contribution in [0.15, 0.2) is 54.6 Å². The van der Waals surface area contributed by atoms with Crippen molar-refractivity contribution in [2.24, 2.45) is 29.1 Å². The highest BCUT2D eigenvalue weighted by Crippen LogP contribution is 2.45. The van der Waals surface area contributed by atoms with Gasteiger partial charge in [0, 0.05) is 74.9 Å². The van der Waals surface area contributed by atoms with Gasteiger partial charge in [0.05, 0.1) is 30.3 Å². The molecule has 2 aliphatic rings. The summed E-state index contributed by atoms with van der Waals surface area (Å²) in [7, 11) is 0. The molecule has 0 saturated carbocycles. The maximum absolute atomic E-state index is 14.0. The van der Waals surface area contributed by atoms with Crippen molar-refractivity contribution in [3.8, 4) is 0 Å². The van der Waals surface area contributed by atoms with Crippen LogP contribution in [0.25, 0.3) is 0 Å². The van der Waals surface area contributed by atoms with Crippen LogP contribution in [0.5, 0.6) is 0 Å². The largest absolute Gasteiger partial charge is 0.481 e. The van der Waals surface area contributed by atoms with E-state index in [4.69, 9.17) is 36.0 Å². The fourth-order valence-electron chi connectivity index (χ4n) is 9.40. The van der Waals surface area contributed by atoms with Gasteiger partial charge in [0.25, 0.3) is 0 Å². The van der Waals surface area contributed by atoms with E-state index in [1.54, 1.807) is 33.8 Å². The van der Waals surface area contributed by atoms with Gasteiger partial charge in [-0.1, -0.05) is 88.7 Å². The van der Waals surface area contributed by atoms with E-state index in [-0.39, 0.29) is 88.9 Å². The molecular formula is C60H85ClN4O18. The summed E-state index contributed by atoms with van der Waals surface area (Å²) >= 11 is 6.39. The maximum Gasteiger partial charge on any atom is 0.347 e. The number of carbonyl (C=O) groups is 9. The standard InChI is InChI=1S/C60H85ClN4O18/c1-32(2)25-47-58(79)81-46(11-9-12-49(72)64-41(27-37-16-15-34(5)40(61)26-37)57(78)63-31-60(7,8)59(80)82-47)35(6)55-56(83-55)38-20-17-36(18-21-38)19-23-42(67)39(22-24-48(71)62-29-44(69)53(76)54(77)45(70)30-66)28-43(68)52(33(3)4)65-50(73)13-10-14-51(74)75/h9,12,15-18,20-21,26,32-33,35,39,41,44-47,52-56,66,69-70,76-77H,10-11,13-14,19,22-25,27-31H2,1-8H3,(H,62,71)(H,63,78)(H,64,72)(H,65,73)(H,74,75)/b12-9+/t35-,39+,41+,44-,45+,46-,47-,52-,53+,54+,55+,56+/m0/s1. The molecule has 2 aliphatic heterocycles. The molecule has 0 spiro atoms. The number of nitrogens with one attached hydrogen (secondary N) is 4. The number of rotatable bonds is 29. The summed E-state index contributed by atoms with van der Waals surface area (Å²) in [6.07, 6.45) is -8.25. The first-order chi connectivity index (χ1) is 39.0. The van der Waals surface area contributed by atoms with Gasteiger partial charge in [-0.25, -0.2) is 4.79 Å². The Morgan fingerprint density at radius 3 is 2.12 bits per heavy atom. The van der Waals surface area contributed by atoms with Gasteiger partial charge < -0.3 is 66.1 Å². The van der Waals surface area contributed by atoms with Gasteiger partial charge in [0.15, 0.2) is 11.9 Å². The molecule has 83 heavy (non-hydrogen) atoms. The number of halogens is 1. The normalized spacial score (nSPS) is 22.5. The van der Waals surface area contributed by atoms with Crippen molar-refractivity contribution in [3.63, 3.8) is 0 Å². The van der Waals surface area contributed by atoms with Crippen LogP contribution in [-0.2, 0) is 70.2 Å². The van der Waals surface area contributed by atoms with E-state index in [0.29, 0.717) is 10.6 Å². The Hall–Kier alpha value is -6.14. The van der Waals surface area contributed by atoms with Gasteiger partial charge in [0.1, 0.15) is 42.3 Å². The summed E-state index contributed by atoms with van der Waals surface area (Å²) in [6, 6.07) is 10.5. The van der Waals surface area contributed by atoms with Crippen LogP contribution in [0.1, 0.15) is 135 Å². The summed E-state index contributed by atoms with van der Waals surface area (Å²) < 4.78 is 18.2. The molecule has 1 fully saturated rings. The minimum Gasteiger partial charge on any atom is -0.481 e. The zero-order valence-electron chi connectivity index (χ0n) is 48.6. The number of ketones is 2. The SMILES string of the molecule is Cc1ccc(C[C@H]2NC(=O)/C=C/C[C@@H]([C@H](C)[C@H]3O[C@@H]3c3ccc(CCC(=O)[C@H](CCC(=O)NC[C@H](O)[C@@H](O)[C@H](O)[C@H](O)CO)CC(=O)[C@@H](NC(=O)CCCC(=O)O)C(C)C)cc3)OC(=O)[C@H](CC(C)C)OC(=O)C(C)(C)CNC2=O)cc1Cl. The topological polar surface area (TPSA) is 354 Å². The Balaban J connectivity index is 1.50. The number of amides is 4. The molecule has 12 atom stereocenters. The van der Waals surface area contributed by atoms with Crippen LogP contribution in [0, 0.1) is 36.0 Å². The summed E-state index contributed by atoms with van der Waals surface area (Å²) in [6.45, 7) is 12.3. The van der Waals surface area contributed by atoms with Crippen LogP contribution in [-0.4, -0.2) is 158 Å². The molecule has 0 radical (unpaired) electrons. The van der Waals surface area contributed by atoms with E-state index in [9.17, 15) is 63.6 Å². The van der Waals surface area contributed by atoms with E-state index < -0.39 is 145 Å². The Morgan fingerprint density at radius 1 is 0.831 bits per heavy atom. The van der Waals surface area contributed by atoms with Crippen molar-refractivity contribution in [3.05, 3.63) is 81.9 Å². The molecular weight excluding hydrogens is 1100 g/mol. The highest BCUT2D eigenvalue weighted by atomic mass is 35.5. The number of Topliss-reactive ketones (excluding diaryl/α,β-unsaturated/α-hetero) is 2. The first kappa shape index (κ1) is 69.4. The number of carboxylic acids is 1. The van der Waals surface area contributed by atoms with E-state index in [2.05, 4.69) is 21.3 Å². The van der Waals surface area contributed by atoms with Gasteiger partial charge in [-0.05, 0) is 92.7 Å². The quantitative estimate of drug-likeness (QED) is 0.0413. The van der Waals surface area contributed by atoms with Gasteiger partial charge in [-0.3, -0.25) is 38.4 Å². The van der Waals surface area contributed by atoms with Crippen LogP contribution in [0.2, 0.25) is 5.02 Å². The van der Waals surface area contributed by atoms with Gasteiger partial charge in [-0.2, -0.15) is 0 Å². The average Bonchev–Trinajstić information content (AvgIpc) is 4.43. The fourth-order valence-corrected chi connectivity index (χ4v) is 9.60. The molecule has 0 aromatic heterocycles. The molecule has 2 aromatic rings. The second-order valence-corrected chi connectivity index (χ2v) is 23.6. The second kappa shape index (κ2) is 32.8. The number of aliphatic hydroxyl groups excluding tert-OH is 5. The average molecular weight is 1190 g/mol. The zero-order valence-corrected chi connectivity index (χ0v) is 49.4. The third kappa shape index (κ3) is 22.4. The number of ether oxygens (including phenoxy) is 3. The summed E-state index contributed by atoms with van der Waals surface area (Å²) in [4.78, 5) is 119. The minimum atomic E-state index is -1.92. The summed E-state index contributed by atoms with van der Waals surface area (Å²) in [5, 5.41) is 69.2. The van der Waals surface area contributed by atoms with Crippen molar-refractivity contribution in [2.75, 3.05) is 19.7 Å². The second-order valence-electron chi connectivity index (χ2n) is 23.2. The van der Waals surface area contributed by atoms with Crippen LogP contribution in [0.4, 0.5) is 0 Å². The lowest BCUT2D eigenvalue weighted by Crippen LogP contribution is -2.51. The number of hydrogen-bond donors (Lipinski definition) is 10. The Morgan fingerprint density at radius 2 is 1.49 bits per heavy atom. The molecule has 1 saturated heterocycles. The molecule has 0 unspecified atom stereocenters. The number of cyclic esters (lactones) is 2. The van der Waals surface area contributed by atoms with Crippen molar-refractivity contribution in [2.45, 2.75) is 187 Å². The molecule has 0 aliphatic carbocycles. The Bertz CT molecular complexity index is 2590. The van der Waals surface area contributed by atoms with E-state index in [1.807, 2.05) is 64.1 Å². The molecule has 0 bridgehead atoms. The number of epoxide rings is 1. The van der Waals surface area contributed by atoms with E-state index in [1.165, 1.54) is 12.2 Å². The molecule has 2 aromatic carbocycles. The van der Waals surface area contributed by atoms with Gasteiger partial charge in [-0.15, -0.1) is 0 Å². The number of aliphatic carboxylic acids is 1. The van der Waals surface area contributed by atoms with E-state index in [0.717, 1.165) is 16.7 Å². The highest BCUT2D eigenvalue weighted by Gasteiger charge is 2.48. The number of aliphatic hydroxyl groups is 5. The first-order valence-electron chi connectivity index (χ1n) is 28.3. The van der Waals surface area contributed by atoms with Crippen molar-refractivity contribution in [1.29, 1.82) is 0 Å². The lowest BCUT2D eigenvalue weighted by Gasteiger charge is -2.29. The number of carboxylic acid groups (broad SMARTS) is 1. The molecule has 23 heteroatoms. The number of benzene rings is 2. The van der Waals surface area contributed by atoms with Crippen molar-refractivity contribution in [1.82, 2.24) is 21.3 Å². The molecule has 4 amide bonds. The smallest absolute Gasteiger partial charge is 0.347 e. The van der Waals surface area contributed by atoms with Gasteiger partial charge >= 0.3 is 17.9 Å². The highest BCUT2D eigenvalue weighted by molar-refractivity contribution is 6.31. The maximum atomic E-state index is 14.0. The number of hydrogen-bond acceptors (Lipinski definition) is 17. The molecule has 2 heterocycles. The van der Waals surface area contributed by atoms with Crippen LogP contribution >= 0.6 is 11.6 Å². The predicted octanol–water partition coefficient (Wildman–Crippen LogP) is 3.23. The van der Waals surface area contributed by atoms with E-state index >= 15 is 0 Å². The minimum absolute atomic E-state index is 0.0485. The fraction of sp³-hybridized carbons (Fsp3) is 0.617. The molecule has 10 N–H and O–H groups in total. The zero-order chi connectivity index (χ0) is 61.9. The molecule has 22 nitrogen and oxygen atoms in total.